The van der Waals surface area contributed by atoms with E-state index >= 15 is 0 Å². The van der Waals surface area contributed by atoms with Gasteiger partial charge in [0.25, 0.3) is 0 Å². The van der Waals surface area contributed by atoms with Crippen LogP contribution in [0.2, 0.25) is 0 Å². The molecule has 4 nitrogen and oxygen atoms in total. The number of carboxylic acids is 1. The molecule has 5 atom stereocenters. The minimum absolute atomic E-state index is 0.00778. The Morgan fingerprint density at radius 1 is 1.35 bits per heavy atom. The van der Waals surface area contributed by atoms with Crippen molar-refractivity contribution in [3.8, 4) is 0 Å². The van der Waals surface area contributed by atoms with Crippen LogP contribution in [0.5, 0.6) is 0 Å². The number of ether oxygens (including phenoxy) is 1. The number of esters is 1. The van der Waals surface area contributed by atoms with Crippen molar-refractivity contribution in [2.45, 2.75) is 39.5 Å². The highest BCUT2D eigenvalue weighted by Crippen LogP contribution is 2.60. The lowest BCUT2D eigenvalue weighted by Crippen LogP contribution is -2.55. The first-order valence-electron chi connectivity index (χ1n) is 7.45. The molecule has 0 spiro atoms. The van der Waals surface area contributed by atoms with E-state index in [1.54, 1.807) is 0 Å². The van der Waals surface area contributed by atoms with Gasteiger partial charge in [-0.2, -0.15) is 0 Å². The maximum Gasteiger partial charge on any atom is 0.309 e. The molecule has 2 aliphatic carbocycles. The topological polar surface area (TPSA) is 63.6 Å². The first-order chi connectivity index (χ1) is 9.38. The van der Waals surface area contributed by atoms with E-state index < -0.39 is 11.4 Å². The van der Waals surface area contributed by atoms with Crippen LogP contribution >= 0.6 is 0 Å². The predicted molar refractivity (Wildman–Crippen MR) is 72.9 cm³/mol. The number of hydrogen-bond donors (Lipinski definition) is 1. The number of cyclic esters (lactones) is 1. The molecule has 0 aromatic rings. The Balaban J connectivity index is 2.02. The van der Waals surface area contributed by atoms with Crippen molar-refractivity contribution in [1.29, 1.82) is 0 Å². The van der Waals surface area contributed by atoms with Gasteiger partial charge in [-0.3, -0.25) is 9.59 Å². The van der Waals surface area contributed by atoms with Crippen molar-refractivity contribution in [2.24, 2.45) is 28.6 Å². The zero-order chi connectivity index (χ0) is 14.5. The Labute approximate surface area is 119 Å². The second-order valence-corrected chi connectivity index (χ2v) is 7.10. The molecular weight excluding hydrogens is 256 g/mol. The summed E-state index contributed by atoms with van der Waals surface area (Å²) in [5.41, 5.74) is -0.819. The van der Waals surface area contributed by atoms with Crippen LogP contribution < -0.4 is 0 Å². The van der Waals surface area contributed by atoms with E-state index in [0.717, 1.165) is 19.3 Å². The van der Waals surface area contributed by atoms with Crippen molar-refractivity contribution < 1.29 is 19.4 Å². The minimum atomic E-state index is -0.713. The predicted octanol–water partition coefficient (Wildman–Crippen LogP) is 2.63. The van der Waals surface area contributed by atoms with E-state index in [2.05, 4.69) is 19.1 Å². The lowest BCUT2D eigenvalue weighted by molar-refractivity contribution is -0.169. The number of carbonyl (C=O) groups is 2. The quantitative estimate of drug-likeness (QED) is 0.591. The lowest BCUT2D eigenvalue weighted by atomic mass is 9.47. The largest absolute Gasteiger partial charge is 0.481 e. The van der Waals surface area contributed by atoms with E-state index in [0.29, 0.717) is 13.0 Å². The molecule has 0 aromatic heterocycles. The second-order valence-electron chi connectivity index (χ2n) is 7.10. The molecule has 110 valence electrons. The van der Waals surface area contributed by atoms with Crippen LogP contribution in [0.3, 0.4) is 0 Å². The minimum Gasteiger partial charge on any atom is -0.481 e. The summed E-state index contributed by atoms with van der Waals surface area (Å²) >= 11 is 0. The molecule has 0 aromatic carbocycles. The van der Waals surface area contributed by atoms with Crippen LogP contribution in [0, 0.1) is 28.6 Å². The van der Waals surface area contributed by atoms with Crippen molar-refractivity contribution in [1.82, 2.24) is 0 Å². The van der Waals surface area contributed by atoms with Crippen LogP contribution in [0.15, 0.2) is 12.2 Å². The molecule has 0 bridgehead atoms. The fourth-order valence-electron chi connectivity index (χ4n) is 4.82. The number of carbonyl (C=O) groups excluding carboxylic acids is 1. The average molecular weight is 278 g/mol. The summed E-state index contributed by atoms with van der Waals surface area (Å²) in [7, 11) is 0. The number of carboxylic acid groups (broad SMARTS) is 1. The zero-order valence-electron chi connectivity index (χ0n) is 12.1. The van der Waals surface area contributed by atoms with Gasteiger partial charge in [-0.05, 0) is 37.0 Å². The first-order valence-corrected chi connectivity index (χ1v) is 7.45. The average Bonchev–Trinajstić information content (AvgIpc) is 2.39. The molecule has 4 heteroatoms. The van der Waals surface area contributed by atoms with E-state index in [9.17, 15) is 14.7 Å². The van der Waals surface area contributed by atoms with Crippen LogP contribution in [-0.2, 0) is 14.3 Å². The summed E-state index contributed by atoms with van der Waals surface area (Å²) in [6, 6.07) is 0. The summed E-state index contributed by atoms with van der Waals surface area (Å²) in [4.78, 5) is 23.4. The van der Waals surface area contributed by atoms with E-state index in [-0.39, 0.29) is 29.1 Å². The molecule has 1 N–H and O–H groups in total. The highest BCUT2D eigenvalue weighted by Gasteiger charge is 2.58. The summed E-state index contributed by atoms with van der Waals surface area (Å²) < 4.78 is 5.16. The van der Waals surface area contributed by atoms with E-state index in [4.69, 9.17) is 4.74 Å². The van der Waals surface area contributed by atoms with Gasteiger partial charge in [0.15, 0.2) is 0 Å². The summed E-state index contributed by atoms with van der Waals surface area (Å²) in [5.74, 6) is -0.366. The fraction of sp³-hybridized carbons (Fsp3) is 0.750. The number of fused-ring (bicyclic) bond motifs is 3. The van der Waals surface area contributed by atoms with Crippen LogP contribution in [0.4, 0.5) is 0 Å². The molecule has 1 heterocycles. The van der Waals surface area contributed by atoms with Crippen LogP contribution in [0.1, 0.15) is 39.5 Å². The molecule has 1 saturated heterocycles. The van der Waals surface area contributed by atoms with Gasteiger partial charge in [-0.25, -0.2) is 0 Å². The highest BCUT2D eigenvalue weighted by atomic mass is 16.5. The van der Waals surface area contributed by atoms with E-state index in [1.165, 1.54) is 0 Å². The number of allylic oxidation sites excluding steroid dienone is 1. The van der Waals surface area contributed by atoms with Gasteiger partial charge in [0, 0.05) is 12.3 Å². The lowest BCUT2D eigenvalue weighted by Gasteiger charge is -2.56. The molecule has 0 radical (unpaired) electrons. The van der Waals surface area contributed by atoms with Crippen molar-refractivity contribution >= 4 is 11.9 Å². The standard InChI is InChI=1S/C16H22O4/c1-15-6-3-7-16(2,14(18)19)12(15)5-4-10-9-20-13(17)8-11(10)15/h4-5,10-12H,3,6-9H2,1-2H3,(H,18,19)/t10-,11-,12+,15+,16-/m0/s1. The first kappa shape index (κ1) is 13.7. The van der Waals surface area contributed by atoms with Crippen molar-refractivity contribution in [3.63, 3.8) is 0 Å². The van der Waals surface area contributed by atoms with Gasteiger partial charge in [0.1, 0.15) is 0 Å². The Morgan fingerprint density at radius 3 is 2.80 bits per heavy atom. The van der Waals surface area contributed by atoms with Gasteiger partial charge in [0.2, 0.25) is 0 Å². The third kappa shape index (κ3) is 1.73. The number of hydrogen-bond acceptors (Lipinski definition) is 3. The SMILES string of the molecule is C[C@]12CCC[C@](C)(C(=O)O)[C@@H]1C=C[C@H]1COC(=O)C[C@@H]12. The van der Waals surface area contributed by atoms with Crippen LogP contribution in [-0.4, -0.2) is 23.7 Å². The maximum atomic E-state index is 11.8. The Bertz CT molecular complexity index is 483. The molecule has 3 rings (SSSR count). The van der Waals surface area contributed by atoms with Gasteiger partial charge in [-0.15, -0.1) is 0 Å². The molecule has 0 amide bonds. The Kier molecular flexibility index (Phi) is 2.96. The smallest absolute Gasteiger partial charge is 0.309 e. The third-order valence-electron chi connectivity index (χ3n) is 6.04. The van der Waals surface area contributed by atoms with E-state index in [1.807, 2.05) is 6.92 Å². The summed E-state index contributed by atoms with van der Waals surface area (Å²) in [6.07, 6.45) is 7.25. The summed E-state index contributed by atoms with van der Waals surface area (Å²) in [6.45, 7) is 4.49. The highest BCUT2D eigenvalue weighted by molar-refractivity contribution is 5.76. The molecule has 0 unspecified atom stereocenters. The normalized spacial score (nSPS) is 47.1. The monoisotopic (exact) mass is 278 g/mol. The molecular formula is C16H22O4. The van der Waals surface area contributed by atoms with Gasteiger partial charge in [-0.1, -0.05) is 25.5 Å². The molecule has 20 heavy (non-hydrogen) atoms. The molecule has 2 fully saturated rings. The molecule has 1 aliphatic heterocycles. The zero-order valence-corrected chi connectivity index (χ0v) is 12.1. The molecule has 3 aliphatic rings. The Morgan fingerprint density at radius 2 is 2.10 bits per heavy atom. The Hall–Kier alpha value is -1.32. The fourth-order valence-corrected chi connectivity index (χ4v) is 4.82. The van der Waals surface area contributed by atoms with Gasteiger partial charge in [0.05, 0.1) is 12.0 Å². The second kappa shape index (κ2) is 4.34. The van der Waals surface area contributed by atoms with Crippen molar-refractivity contribution in [2.75, 3.05) is 6.61 Å². The van der Waals surface area contributed by atoms with Crippen LogP contribution in [0.25, 0.3) is 0 Å². The molecule has 1 saturated carbocycles. The number of rotatable bonds is 1. The summed E-state index contributed by atoms with van der Waals surface area (Å²) in [5, 5.41) is 9.67. The van der Waals surface area contributed by atoms with Gasteiger partial charge < -0.3 is 9.84 Å². The number of aliphatic carboxylic acids is 1. The van der Waals surface area contributed by atoms with Crippen molar-refractivity contribution in [3.05, 3.63) is 12.2 Å². The van der Waals surface area contributed by atoms with Gasteiger partial charge >= 0.3 is 11.9 Å². The maximum absolute atomic E-state index is 11.8. The third-order valence-corrected chi connectivity index (χ3v) is 6.04.